The van der Waals surface area contributed by atoms with E-state index in [-0.39, 0.29) is 28.7 Å². The van der Waals surface area contributed by atoms with Crippen LogP contribution in [0.25, 0.3) is 21.9 Å². The van der Waals surface area contributed by atoms with Crippen LogP contribution in [-0.2, 0) is 23.7 Å². The Hall–Kier alpha value is -5.15. The van der Waals surface area contributed by atoms with Crippen LogP contribution in [0.4, 0.5) is 11.4 Å². The van der Waals surface area contributed by atoms with Gasteiger partial charge in [-0.1, -0.05) is 17.7 Å². The van der Waals surface area contributed by atoms with Crippen LogP contribution in [0.3, 0.4) is 0 Å². The van der Waals surface area contributed by atoms with Crippen LogP contribution in [0.2, 0.25) is 5.02 Å². The van der Waals surface area contributed by atoms with E-state index in [0.29, 0.717) is 35.2 Å². The molecule has 15 nitrogen and oxygen atoms in total. The Morgan fingerprint density at radius 1 is 0.966 bits per heavy atom. The van der Waals surface area contributed by atoms with E-state index in [1.807, 2.05) is 24.3 Å². The fourth-order valence-corrected chi connectivity index (χ4v) is 10.4. The molecule has 1 aliphatic carbocycles. The summed E-state index contributed by atoms with van der Waals surface area (Å²) >= 11 is 6.21. The SMILES string of the molecule is COc1cc2nn([C@H]3CC[C@H](CN4CCC5(CC4)CCN(c4cccc6c4n(C)c(=O)n6C4CCC(=O)NC4=O)CC5)CC3)cc2cc1NC(=O)c1nn(C)cc1Cl. The van der Waals surface area contributed by atoms with E-state index in [1.54, 1.807) is 36.5 Å². The Kier molecular flexibility index (Phi) is 10.1. The molecule has 1 spiro atoms. The van der Waals surface area contributed by atoms with E-state index in [0.717, 1.165) is 86.0 Å². The standard InChI is InChI=1S/C42H51ClN10O5/c1-48-25-29(43)37(47-48)40(56)44-31-21-27-24-52(46-30(27)22-35(31)58-3)28-9-7-26(8-10-28)23-50-17-13-42(14-18-50)15-19-51(20-16-42)32-5-4-6-33-38(32)49(2)41(57)53(33)34-11-12-36(54)45-39(34)55/h4-6,21-22,24-26,28,34H,7-20,23H2,1-3H3,(H,44,56)(H,45,54,55)/t26-,28-,34?. The topological polar surface area (TPSA) is 154 Å². The summed E-state index contributed by atoms with van der Waals surface area (Å²) in [6.07, 6.45) is 13.4. The first kappa shape index (κ1) is 38.4. The summed E-state index contributed by atoms with van der Waals surface area (Å²) in [5, 5.41) is 15.7. The molecule has 3 amide bonds. The lowest BCUT2D eigenvalue weighted by Crippen LogP contribution is -2.48. The van der Waals surface area contributed by atoms with Crippen LogP contribution in [0, 0.1) is 11.3 Å². The zero-order valence-electron chi connectivity index (χ0n) is 33.4. The molecule has 0 radical (unpaired) electrons. The summed E-state index contributed by atoms with van der Waals surface area (Å²) in [6, 6.07) is 9.40. The number of imidazole rings is 1. The van der Waals surface area contributed by atoms with Gasteiger partial charge in [-0.05, 0) is 100 Å². The number of amides is 3. The van der Waals surface area contributed by atoms with Crippen LogP contribution in [0.15, 0.2) is 47.5 Å². The lowest BCUT2D eigenvalue weighted by Gasteiger charge is -2.48. The van der Waals surface area contributed by atoms with Crippen LogP contribution in [0.1, 0.15) is 86.8 Å². The number of hydrogen-bond donors (Lipinski definition) is 2. The number of methoxy groups -OCH3 is 1. The van der Waals surface area contributed by atoms with E-state index in [9.17, 15) is 19.2 Å². The van der Waals surface area contributed by atoms with E-state index >= 15 is 0 Å². The van der Waals surface area contributed by atoms with Gasteiger partial charge in [0.05, 0.1) is 46.1 Å². The van der Waals surface area contributed by atoms with Crippen molar-refractivity contribution in [3.05, 3.63) is 63.9 Å². The van der Waals surface area contributed by atoms with Gasteiger partial charge < -0.3 is 19.9 Å². The first-order valence-electron chi connectivity index (χ1n) is 20.6. The van der Waals surface area contributed by atoms with E-state index < -0.39 is 17.9 Å². The smallest absolute Gasteiger partial charge is 0.329 e. The predicted octanol–water partition coefficient (Wildman–Crippen LogP) is 5.43. The van der Waals surface area contributed by atoms with Crippen molar-refractivity contribution in [3.63, 3.8) is 0 Å². The number of aromatic nitrogens is 6. The Morgan fingerprint density at radius 3 is 2.40 bits per heavy atom. The zero-order chi connectivity index (χ0) is 40.3. The molecule has 5 aromatic rings. The molecule has 1 atom stereocenters. The molecule has 0 bridgehead atoms. The van der Waals surface area contributed by atoms with E-state index in [4.69, 9.17) is 21.4 Å². The second-order valence-corrected chi connectivity index (χ2v) is 17.4. The van der Waals surface area contributed by atoms with Crippen LogP contribution < -0.4 is 26.0 Å². The number of carbonyl (C=O) groups excluding carboxylic acids is 3. The lowest BCUT2D eigenvalue weighted by molar-refractivity contribution is -0.135. The van der Waals surface area contributed by atoms with Crippen molar-refractivity contribution in [2.24, 2.45) is 25.4 Å². The van der Waals surface area contributed by atoms with Gasteiger partial charge in [0.25, 0.3) is 5.91 Å². The minimum atomic E-state index is -0.687. The summed E-state index contributed by atoms with van der Waals surface area (Å²) in [4.78, 5) is 56.1. The molecule has 3 aliphatic heterocycles. The average molecular weight is 811 g/mol. The Morgan fingerprint density at radius 2 is 1.71 bits per heavy atom. The quantitative estimate of drug-likeness (QED) is 0.196. The van der Waals surface area contributed by atoms with Gasteiger partial charge in [-0.15, -0.1) is 0 Å². The number of aryl methyl sites for hydroxylation is 2. The molecular weight excluding hydrogens is 760 g/mol. The normalized spacial score (nSPS) is 22.8. The number of hydrogen-bond acceptors (Lipinski definition) is 9. The average Bonchev–Trinajstić information content (AvgIpc) is 3.87. The molecule has 4 aliphatic rings. The highest BCUT2D eigenvalue weighted by Crippen LogP contribution is 2.44. The molecule has 306 valence electrons. The first-order chi connectivity index (χ1) is 28.0. The van der Waals surface area contributed by atoms with Crippen molar-refractivity contribution in [1.29, 1.82) is 0 Å². The van der Waals surface area contributed by atoms with Gasteiger partial charge in [0.2, 0.25) is 11.8 Å². The number of benzene rings is 2. The van der Waals surface area contributed by atoms with E-state index in [2.05, 4.69) is 42.5 Å². The first-order valence-corrected chi connectivity index (χ1v) is 21.0. The highest BCUT2D eigenvalue weighted by molar-refractivity contribution is 6.34. The van der Waals surface area contributed by atoms with Crippen molar-refractivity contribution in [3.8, 4) is 5.75 Å². The molecule has 6 heterocycles. The molecule has 2 aromatic carbocycles. The molecule has 2 N–H and O–H groups in total. The number of rotatable bonds is 8. The van der Waals surface area contributed by atoms with Gasteiger partial charge in [-0.25, -0.2) is 4.79 Å². The Balaban J connectivity index is 0.778. The molecular formula is C42H51ClN10O5. The number of carbonyl (C=O) groups is 3. The van der Waals surface area contributed by atoms with Crippen LogP contribution in [0.5, 0.6) is 5.75 Å². The largest absolute Gasteiger partial charge is 0.494 e. The molecule has 3 saturated heterocycles. The maximum Gasteiger partial charge on any atom is 0.329 e. The lowest BCUT2D eigenvalue weighted by atomic mass is 9.71. The molecule has 16 heteroatoms. The molecule has 1 saturated carbocycles. The maximum absolute atomic E-state index is 13.5. The second kappa shape index (κ2) is 15.2. The van der Waals surface area contributed by atoms with Gasteiger partial charge in [-0.3, -0.25) is 38.2 Å². The van der Waals surface area contributed by atoms with Gasteiger partial charge >= 0.3 is 5.69 Å². The fourth-order valence-electron chi connectivity index (χ4n) is 10.1. The Bertz CT molecular complexity index is 2460. The minimum absolute atomic E-state index is 0.160. The van der Waals surface area contributed by atoms with Gasteiger partial charge in [0, 0.05) is 64.0 Å². The van der Waals surface area contributed by atoms with Crippen molar-refractivity contribution in [2.45, 2.75) is 76.3 Å². The predicted molar refractivity (Wildman–Crippen MR) is 222 cm³/mol. The van der Waals surface area contributed by atoms with Gasteiger partial charge in [0.1, 0.15) is 11.8 Å². The molecule has 1 unspecified atom stereocenters. The minimum Gasteiger partial charge on any atom is -0.494 e. The molecule has 3 aromatic heterocycles. The third-order valence-electron chi connectivity index (χ3n) is 13.5. The van der Waals surface area contributed by atoms with Crippen molar-refractivity contribution >= 4 is 62.6 Å². The third-order valence-corrected chi connectivity index (χ3v) is 13.8. The fraction of sp³-hybridized carbons (Fsp3) is 0.524. The Labute approximate surface area is 341 Å². The highest BCUT2D eigenvalue weighted by Gasteiger charge is 2.39. The summed E-state index contributed by atoms with van der Waals surface area (Å²) in [6.45, 7) is 5.29. The summed E-state index contributed by atoms with van der Waals surface area (Å²) in [5.41, 5.74) is 4.28. The van der Waals surface area contributed by atoms with Gasteiger partial charge in [-0.2, -0.15) is 10.2 Å². The van der Waals surface area contributed by atoms with Crippen molar-refractivity contribution < 1.29 is 19.1 Å². The highest BCUT2D eigenvalue weighted by atomic mass is 35.5. The maximum atomic E-state index is 13.5. The monoisotopic (exact) mass is 810 g/mol. The van der Waals surface area contributed by atoms with Crippen LogP contribution in [-0.4, -0.2) is 91.2 Å². The molecule has 58 heavy (non-hydrogen) atoms. The number of nitrogens with zero attached hydrogens (tertiary/aromatic N) is 8. The third kappa shape index (κ3) is 7.05. The van der Waals surface area contributed by atoms with E-state index in [1.165, 1.54) is 30.4 Å². The number of ether oxygens (including phenoxy) is 1. The van der Waals surface area contributed by atoms with Crippen LogP contribution >= 0.6 is 11.6 Å². The number of fused-ring (bicyclic) bond motifs is 2. The summed E-state index contributed by atoms with van der Waals surface area (Å²) in [7, 11) is 5.08. The number of nitrogens with one attached hydrogen (secondary N) is 2. The number of para-hydroxylation sites is 1. The number of imide groups is 1. The number of halogens is 1. The van der Waals surface area contributed by atoms with Gasteiger partial charge in [0.15, 0.2) is 5.69 Å². The summed E-state index contributed by atoms with van der Waals surface area (Å²) in [5.74, 6) is 0.111. The second-order valence-electron chi connectivity index (χ2n) is 17.0. The number of anilines is 2. The van der Waals surface area contributed by atoms with Crippen molar-refractivity contribution in [1.82, 2.24) is 38.9 Å². The molecule has 4 fully saturated rings. The molecule has 9 rings (SSSR count). The number of likely N-dealkylation sites (tertiary alicyclic amines) is 1. The summed E-state index contributed by atoms with van der Waals surface area (Å²) < 4.78 is 12.5. The van der Waals surface area contributed by atoms with Crippen molar-refractivity contribution in [2.75, 3.05) is 50.1 Å². The zero-order valence-corrected chi connectivity index (χ0v) is 34.1. The number of piperidine rings is 3.